The van der Waals surface area contributed by atoms with Gasteiger partial charge < -0.3 is 9.47 Å². The molecule has 0 N–H and O–H groups in total. The van der Waals surface area contributed by atoms with E-state index in [2.05, 4.69) is 24.3 Å². The van der Waals surface area contributed by atoms with Crippen molar-refractivity contribution in [2.75, 3.05) is 6.61 Å². The summed E-state index contributed by atoms with van der Waals surface area (Å²) in [7, 11) is 0. The van der Waals surface area contributed by atoms with E-state index in [1.807, 2.05) is 0 Å². The van der Waals surface area contributed by atoms with Crippen LogP contribution in [-0.4, -0.2) is 12.4 Å². The Kier molecular flexibility index (Phi) is 2.26. The SMILES string of the molecule is c1ccc2c(c1)CO[C@]1(CCCCO1)C2. The summed E-state index contributed by atoms with van der Waals surface area (Å²) >= 11 is 0. The molecule has 0 aromatic heterocycles. The molecule has 2 aliphatic heterocycles. The van der Waals surface area contributed by atoms with Crippen LogP contribution in [0.2, 0.25) is 0 Å². The lowest BCUT2D eigenvalue weighted by molar-refractivity contribution is -0.266. The molecule has 2 aliphatic rings. The van der Waals surface area contributed by atoms with E-state index in [9.17, 15) is 0 Å². The van der Waals surface area contributed by atoms with Crippen molar-refractivity contribution >= 4 is 0 Å². The topological polar surface area (TPSA) is 18.5 Å². The van der Waals surface area contributed by atoms with E-state index in [0.29, 0.717) is 6.61 Å². The highest BCUT2D eigenvalue weighted by Crippen LogP contribution is 2.35. The molecule has 1 aromatic rings. The van der Waals surface area contributed by atoms with Gasteiger partial charge in [0.05, 0.1) is 13.2 Å². The van der Waals surface area contributed by atoms with Crippen molar-refractivity contribution in [1.29, 1.82) is 0 Å². The smallest absolute Gasteiger partial charge is 0.172 e. The molecule has 0 unspecified atom stereocenters. The largest absolute Gasteiger partial charge is 0.350 e. The Labute approximate surface area is 90.2 Å². The van der Waals surface area contributed by atoms with E-state index in [4.69, 9.17) is 9.47 Å². The molecule has 0 saturated carbocycles. The zero-order chi connectivity index (χ0) is 10.1. The van der Waals surface area contributed by atoms with Crippen LogP contribution < -0.4 is 0 Å². The summed E-state index contributed by atoms with van der Waals surface area (Å²) in [5.74, 6) is -0.299. The fourth-order valence-electron chi connectivity index (χ4n) is 2.50. The van der Waals surface area contributed by atoms with Gasteiger partial charge in [-0.05, 0) is 24.0 Å². The Balaban J connectivity index is 1.87. The Morgan fingerprint density at radius 2 is 1.87 bits per heavy atom. The van der Waals surface area contributed by atoms with Gasteiger partial charge in [0.25, 0.3) is 0 Å². The fourth-order valence-corrected chi connectivity index (χ4v) is 2.50. The summed E-state index contributed by atoms with van der Waals surface area (Å²) in [5, 5.41) is 0. The van der Waals surface area contributed by atoms with Crippen LogP contribution >= 0.6 is 0 Å². The predicted molar refractivity (Wildman–Crippen MR) is 57.5 cm³/mol. The first-order valence-electron chi connectivity index (χ1n) is 5.73. The molecule has 0 aliphatic carbocycles. The first-order valence-corrected chi connectivity index (χ1v) is 5.73. The zero-order valence-electron chi connectivity index (χ0n) is 8.87. The van der Waals surface area contributed by atoms with Crippen molar-refractivity contribution in [3.63, 3.8) is 0 Å². The van der Waals surface area contributed by atoms with Crippen LogP contribution in [0.3, 0.4) is 0 Å². The molecule has 2 heteroatoms. The third kappa shape index (κ3) is 1.68. The van der Waals surface area contributed by atoms with Gasteiger partial charge in [-0.25, -0.2) is 0 Å². The van der Waals surface area contributed by atoms with Crippen LogP contribution in [0.15, 0.2) is 24.3 Å². The monoisotopic (exact) mass is 204 g/mol. The number of ether oxygens (including phenoxy) is 2. The highest BCUT2D eigenvalue weighted by molar-refractivity contribution is 5.29. The summed E-state index contributed by atoms with van der Waals surface area (Å²) in [6.45, 7) is 1.55. The molecule has 1 aromatic carbocycles. The molecule has 1 spiro atoms. The van der Waals surface area contributed by atoms with Crippen LogP contribution in [0.25, 0.3) is 0 Å². The molecule has 1 atom stereocenters. The maximum Gasteiger partial charge on any atom is 0.172 e. The fraction of sp³-hybridized carbons (Fsp3) is 0.538. The van der Waals surface area contributed by atoms with E-state index < -0.39 is 0 Å². The molecule has 15 heavy (non-hydrogen) atoms. The molecule has 1 saturated heterocycles. The summed E-state index contributed by atoms with van der Waals surface area (Å²) in [6, 6.07) is 8.51. The van der Waals surface area contributed by atoms with Gasteiger partial charge in [-0.1, -0.05) is 24.3 Å². The maximum absolute atomic E-state index is 5.91. The molecule has 80 valence electrons. The van der Waals surface area contributed by atoms with Crippen LogP contribution in [0.5, 0.6) is 0 Å². The van der Waals surface area contributed by atoms with Crippen molar-refractivity contribution in [1.82, 2.24) is 0 Å². The number of fused-ring (bicyclic) bond motifs is 1. The van der Waals surface area contributed by atoms with Crippen molar-refractivity contribution in [2.24, 2.45) is 0 Å². The van der Waals surface area contributed by atoms with Crippen molar-refractivity contribution in [2.45, 2.75) is 38.1 Å². The average molecular weight is 204 g/mol. The Hall–Kier alpha value is -0.860. The highest BCUT2D eigenvalue weighted by atomic mass is 16.7. The molecule has 3 rings (SSSR count). The third-order valence-corrected chi connectivity index (χ3v) is 3.39. The minimum atomic E-state index is -0.299. The van der Waals surface area contributed by atoms with E-state index in [-0.39, 0.29) is 5.79 Å². The number of rotatable bonds is 0. The van der Waals surface area contributed by atoms with Gasteiger partial charge in [-0.15, -0.1) is 0 Å². The molecule has 0 radical (unpaired) electrons. The van der Waals surface area contributed by atoms with Crippen molar-refractivity contribution in [3.05, 3.63) is 35.4 Å². The average Bonchev–Trinajstić information content (AvgIpc) is 2.30. The molecule has 1 fully saturated rings. The third-order valence-electron chi connectivity index (χ3n) is 3.39. The second-order valence-corrected chi connectivity index (χ2v) is 4.45. The molecular weight excluding hydrogens is 188 g/mol. The lowest BCUT2D eigenvalue weighted by Gasteiger charge is -2.40. The van der Waals surface area contributed by atoms with Gasteiger partial charge in [0.2, 0.25) is 0 Å². The Bertz CT molecular complexity index is 353. The van der Waals surface area contributed by atoms with Gasteiger partial charge in [0.1, 0.15) is 0 Å². The molecule has 0 amide bonds. The number of hydrogen-bond donors (Lipinski definition) is 0. The Morgan fingerprint density at radius 3 is 2.67 bits per heavy atom. The Morgan fingerprint density at radius 1 is 1.00 bits per heavy atom. The van der Waals surface area contributed by atoms with Gasteiger partial charge in [-0.2, -0.15) is 0 Å². The first kappa shape index (κ1) is 9.37. The molecule has 0 bridgehead atoms. The van der Waals surface area contributed by atoms with E-state index in [0.717, 1.165) is 19.4 Å². The predicted octanol–water partition coefficient (Wildman–Crippen LogP) is 2.66. The summed E-state index contributed by atoms with van der Waals surface area (Å²) in [4.78, 5) is 0. The lowest BCUT2D eigenvalue weighted by Crippen LogP contribution is -2.43. The molecular formula is C13H16O2. The van der Waals surface area contributed by atoms with Gasteiger partial charge in [0.15, 0.2) is 5.79 Å². The second kappa shape index (κ2) is 3.62. The normalized spacial score (nSPS) is 30.1. The molecule has 2 nitrogen and oxygen atoms in total. The van der Waals surface area contributed by atoms with Gasteiger partial charge in [-0.3, -0.25) is 0 Å². The van der Waals surface area contributed by atoms with Crippen LogP contribution in [0.1, 0.15) is 30.4 Å². The van der Waals surface area contributed by atoms with Crippen molar-refractivity contribution < 1.29 is 9.47 Å². The first-order chi connectivity index (χ1) is 7.38. The standard InChI is InChI=1S/C13H16O2/c1-2-6-12-10-15-13(9-11(12)5-1)7-3-4-8-14-13/h1-2,5-6H,3-4,7-10H2/t13-/m1/s1. The highest BCUT2D eigenvalue weighted by Gasteiger charge is 2.37. The second-order valence-electron chi connectivity index (χ2n) is 4.45. The summed E-state index contributed by atoms with van der Waals surface area (Å²) in [6.07, 6.45) is 4.36. The minimum Gasteiger partial charge on any atom is -0.350 e. The maximum atomic E-state index is 5.91. The lowest BCUT2D eigenvalue weighted by atomic mass is 9.92. The number of hydrogen-bond acceptors (Lipinski definition) is 2. The van der Waals surface area contributed by atoms with Crippen LogP contribution in [0.4, 0.5) is 0 Å². The van der Waals surface area contributed by atoms with E-state index >= 15 is 0 Å². The van der Waals surface area contributed by atoms with Crippen molar-refractivity contribution in [3.8, 4) is 0 Å². The number of benzene rings is 1. The van der Waals surface area contributed by atoms with Gasteiger partial charge >= 0.3 is 0 Å². The summed E-state index contributed by atoms with van der Waals surface area (Å²) < 4.78 is 11.8. The quantitative estimate of drug-likeness (QED) is 0.647. The molecule has 2 heterocycles. The minimum absolute atomic E-state index is 0.299. The summed E-state index contributed by atoms with van der Waals surface area (Å²) in [5.41, 5.74) is 2.71. The van der Waals surface area contributed by atoms with Gasteiger partial charge in [0, 0.05) is 12.8 Å². The van der Waals surface area contributed by atoms with E-state index in [1.54, 1.807) is 0 Å². The van der Waals surface area contributed by atoms with Crippen LogP contribution in [-0.2, 0) is 22.5 Å². The van der Waals surface area contributed by atoms with E-state index in [1.165, 1.54) is 24.0 Å². The van der Waals surface area contributed by atoms with Crippen LogP contribution in [0, 0.1) is 0 Å². The zero-order valence-corrected chi connectivity index (χ0v) is 8.87.